The average molecular weight is 293 g/mol. The van der Waals surface area contributed by atoms with E-state index in [-0.39, 0.29) is 5.69 Å². The molecule has 3 aromatic rings. The average Bonchev–Trinajstić information content (AvgIpc) is 2.89. The number of ether oxygens (including phenoxy) is 1. The molecule has 0 atom stereocenters. The minimum atomic E-state index is 0.262. The number of benzene rings is 2. The molecular weight excluding hydrogens is 278 g/mol. The van der Waals surface area contributed by atoms with Crippen LogP contribution in [0, 0.1) is 18.8 Å². The molecule has 0 spiro atoms. The first-order valence-corrected chi connectivity index (χ1v) is 6.92. The Hall–Kier alpha value is -2.95. The Morgan fingerprint density at radius 1 is 1.05 bits per heavy atom. The number of aromatic nitrogens is 2. The van der Waals surface area contributed by atoms with Crippen molar-refractivity contribution in [2.75, 3.05) is 0 Å². The van der Waals surface area contributed by atoms with Gasteiger partial charge in [0.25, 0.3) is 0 Å². The summed E-state index contributed by atoms with van der Waals surface area (Å²) in [6.07, 6.45) is 0. The van der Waals surface area contributed by atoms with Gasteiger partial charge < -0.3 is 4.74 Å². The van der Waals surface area contributed by atoms with Crippen LogP contribution in [0.4, 0.5) is 5.69 Å². The third kappa shape index (κ3) is 2.61. The summed E-state index contributed by atoms with van der Waals surface area (Å²) in [7, 11) is 0. The van der Waals surface area contributed by atoms with Gasteiger partial charge in [0.2, 0.25) is 5.88 Å². The molecule has 0 aliphatic carbocycles. The van der Waals surface area contributed by atoms with Gasteiger partial charge in [-0.1, -0.05) is 30.3 Å². The summed E-state index contributed by atoms with van der Waals surface area (Å²) >= 11 is 0. The highest BCUT2D eigenvalue weighted by Gasteiger charge is 2.13. The predicted molar refractivity (Wildman–Crippen MR) is 85.0 cm³/mol. The van der Waals surface area contributed by atoms with E-state index in [1.807, 2.05) is 44.2 Å². The summed E-state index contributed by atoms with van der Waals surface area (Å²) in [4.78, 5) is 10.9. The Morgan fingerprint density at radius 2 is 1.77 bits per heavy atom. The smallest absolute Gasteiger partial charge is 0.222 e. The fraction of sp³-hybridized carbons (Fsp3) is 0.118. The summed E-state index contributed by atoms with van der Waals surface area (Å²) in [5, 5.41) is 7.47. The predicted octanol–water partition coefficient (Wildman–Crippen LogP) is 4.68. The van der Waals surface area contributed by atoms with Crippen LogP contribution in [0.3, 0.4) is 0 Å². The van der Waals surface area contributed by atoms with Crippen molar-refractivity contribution in [1.29, 1.82) is 0 Å². The third-order valence-corrected chi connectivity index (χ3v) is 3.32. The summed E-state index contributed by atoms with van der Waals surface area (Å²) in [6, 6.07) is 16.6. The molecule has 0 aliphatic rings. The van der Waals surface area contributed by atoms with Crippen molar-refractivity contribution >= 4 is 5.69 Å². The van der Waals surface area contributed by atoms with E-state index in [0.717, 1.165) is 16.9 Å². The van der Waals surface area contributed by atoms with Gasteiger partial charge in [-0.25, -0.2) is 4.68 Å². The molecule has 1 heterocycles. The van der Waals surface area contributed by atoms with Gasteiger partial charge in [0.15, 0.2) is 11.4 Å². The van der Waals surface area contributed by atoms with Crippen LogP contribution in [0.15, 0.2) is 59.8 Å². The molecule has 0 unspecified atom stereocenters. The van der Waals surface area contributed by atoms with E-state index in [1.54, 1.807) is 28.9 Å². The zero-order valence-corrected chi connectivity index (χ0v) is 12.4. The van der Waals surface area contributed by atoms with Crippen LogP contribution in [-0.4, -0.2) is 9.78 Å². The van der Waals surface area contributed by atoms with Gasteiger partial charge in [-0.3, -0.25) is 0 Å². The molecular formula is C17H15N3O2. The molecule has 0 fully saturated rings. The maximum Gasteiger partial charge on any atom is 0.222 e. The molecule has 0 saturated carbocycles. The monoisotopic (exact) mass is 293 g/mol. The largest absolute Gasteiger partial charge is 0.436 e. The maximum absolute atomic E-state index is 10.9. The van der Waals surface area contributed by atoms with Crippen LogP contribution in [0.5, 0.6) is 11.6 Å². The highest BCUT2D eigenvalue weighted by Crippen LogP contribution is 2.33. The normalized spacial score (nSPS) is 10.5. The lowest BCUT2D eigenvalue weighted by Crippen LogP contribution is -2.01. The SMILES string of the molecule is Cc1cc(Oc2ccccc2N=O)n(-c2ccccc2C)n1. The van der Waals surface area contributed by atoms with Gasteiger partial charge in [-0.15, -0.1) is 4.91 Å². The summed E-state index contributed by atoms with van der Waals surface area (Å²) in [5.74, 6) is 0.954. The number of hydrogen-bond donors (Lipinski definition) is 0. The maximum atomic E-state index is 10.9. The first-order chi connectivity index (χ1) is 10.7. The van der Waals surface area contributed by atoms with E-state index in [1.165, 1.54) is 0 Å². The highest BCUT2D eigenvalue weighted by atomic mass is 16.5. The molecule has 0 saturated heterocycles. The third-order valence-electron chi connectivity index (χ3n) is 3.32. The molecule has 3 rings (SSSR count). The Labute approximate surface area is 128 Å². The molecule has 5 nitrogen and oxygen atoms in total. The molecule has 0 bridgehead atoms. The minimum absolute atomic E-state index is 0.262. The number of rotatable bonds is 4. The molecule has 0 amide bonds. The lowest BCUT2D eigenvalue weighted by atomic mass is 10.2. The zero-order chi connectivity index (χ0) is 15.5. The Morgan fingerprint density at radius 3 is 2.55 bits per heavy atom. The lowest BCUT2D eigenvalue weighted by Gasteiger charge is -2.11. The van der Waals surface area contributed by atoms with E-state index < -0.39 is 0 Å². The van der Waals surface area contributed by atoms with E-state index >= 15 is 0 Å². The summed E-state index contributed by atoms with van der Waals surface area (Å²) in [5.41, 5.74) is 3.10. The number of para-hydroxylation sites is 2. The number of hydrogen-bond acceptors (Lipinski definition) is 4. The van der Waals surface area contributed by atoms with E-state index in [2.05, 4.69) is 10.3 Å². The fourth-order valence-corrected chi connectivity index (χ4v) is 2.25. The van der Waals surface area contributed by atoms with Crippen LogP contribution >= 0.6 is 0 Å². The summed E-state index contributed by atoms with van der Waals surface area (Å²) in [6.45, 7) is 3.91. The van der Waals surface area contributed by atoms with Gasteiger partial charge in [-0.2, -0.15) is 5.10 Å². The first-order valence-electron chi connectivity index (χ1n) is 6.92. The van der Waals surface area contributed by atoms with Crippen molar-refractivity contribution in [3.05, 3.63) is 70.8 Å². The summed E-state index contributed by atoms with van der Waals surface area (Å²) < 4.78 is 7.60. The van der Waals surface area contributed by atoms with Crippen LogP contribution in [-0.2, 0) is 0 Å². The second-order valence-electron chi connectivity index (χ2n) is 4.98. The topological polar surface area (TPSA) is 56.5 Å². The molecule has 0 aliphatic heterocycles. The Balaban J connectivity index is 2.06. The molecule has 110 valence electrons. The molecule has 1 aromatic heterocycles. The van der Waals surface area contributed by atoms with E-state index in [9.17, 15) is 4.91 Å². The van der Waals surface area contributed by atoms with Crippen LogP contribution in [0.25, 0.3) is 5.69 Å². The first kappa shape index (κ1) is 14.0. The van der Waals surface area contributed by atoms with Crippen molar-refractivity contribution in [2.24, 2.45) is 5.18 Å². The number of nitrogens with zero attached hydrogens (tertiary/aromatic N) is 3. The lowest BCUT2D eigenvalue weighted by molar-refractivity contribution is 0.445. The second kappa shape index (κ2) is 5.81. The van der Waals surface area contributed by atoms with E-state index in [0.29, 0.717) is 11.6 Å². The van der Waals surface area contributed by atoms with Crippen LogP contribution in [0.1, 0.15) is 11.3 Å². The quantitative estimate of drug-likeness (QED) is 0.656. The standard InChI is InChI=1S/C17H15N3O2/c1-12-7-3-5-9-15(12)20-17(11-13(2)18-20)22-16-10-6-4-8-14(16)19-21/h3-11H,1-2H3. The minimum Gasteiger partial charge on any atom is -0.436 e. The van der Waals surface area contributed by atoms with Gasteiger partial charge in [0.05, 0.1) is 11.4 Å². The zero-order valence-electron chi connectivity index (χ0n) is 12.4. The number of aryl methyl sites for hydroxylation is 2. The van der Waals surface area contributed by atoms with Crippen molar-refractivity contribution in [1.82, 2.24) is 9.78 Å². The highest BCUT2D eigenvalue weighted by molar-refractivity contribution is 5.53. The number of nitroso groups, excluding NO2 is 1. The van der Waals surface area contributed by atoms with Crippen molar-refractivity contribution in [3.8, 4) is 17.3 Å². The Kier molecular flexibility index (Phi) is 3.70. The van der Waals surface area contributed by atoms with Gasteiger partial charge >= 0.3 is 0 Å². The van der Waals surface area contributed by atoms with Crippen molar-refractivity contribution in [2.45, 2.75) is 13.8 Å². The van der Waals surface area contributed by atoms with E-state index in [4.69, 9.17) is 4.74 Å². The van der Waals surface area contributed by atoms with Crippen molar-refractivity contribution < 1.29 is 4.74 Å². The van der Waals surface area contributed by atoms with Crippen LogP contribution in [0.2, 0.25) is 0 Å². The Bertz CT molecular complexity index is 824. The molecule has 0 N–H and O–H groups in total. The van der Waals surface area contributed by atoms with Gasteiger partial charge in [-0.05, 0) is 42.8 Å². The molecule has 22 heavy (non-hydrogen) atoms. The van der Waals surface area contributed by atoms with Crippen molar-refractivity contribution in [3.63, 3.8) is 0 Å². The van der Waals surface area contributed by atoms with Gasteiger partial charge in [0, 0.05) is 6.07 Å². The molecule has 0 radical (unpaired) electrons. The molecule has 2 aromatic carbocycles. The fourth-order valence-electron chi connectivity index (χ4n) is 2.25. The molecule has 5 heteroatoms. The van der Waals surface area contributed by atoms with Gasteiger partial charge in [0.1, 0.15) is 0 Å². The van der Waals surface area contributed by atoms with Crippen LogP contribution < -0.4 is 4.74 Å². The second-order valence-corrected chi connectivity index (χ2v) is 4.98.